The van der Waals surface area contributed by atoms with Crippen molar-refractivity contribution < 1.29 is 23.9 Å². The van der Waals surface area contributed by atoms with E-state index in [-0.39, 0.29) is 29.9 Å². The van der Waals surface area contributed by atoms with Crippen LogP contribution in [0.2, 0.25) is 0 Å². The molecule has 5 amide bonds. The van der Waals surface area contributed by atoms with E-state index in [1.54, 1.807) is 20.8 Å². The maximum atomic E-state index is 12.9. The SMILES string of the molecule is CC(C)(C)OC(=O)N[C@@H](Cc1ccccc1)C(=O)NCCCCCCNC(=O)CCCC[C@@H]1SC[C@@H]2NC(=O)N[C@@H]21. The zero-order valence-corrected chi connectivity index (χ0v) is 25.4. The first kappa shape index (κ1) is 32.6. The Morgan fingerprint density at radius 3 is 2.39 bits per heavy atom. The van der Waals surface area contributed by atoms with Crippen molar-refractivity contribution in [3.8, 4) is 0 Å². The van der Waals surface area contributed by atoms with Gasteiger partial charge >= 0.3 is 12.1 Å². The minimum absolute atomic E-state index is 0.0607. The molecule has 41 heavy (non-hydrogen) atoms. The number of urea groups is 1. The number of hydrogen-bond donors (Lipinski definition) is 5. The molecule has 0 aliphatic carbocycles. The van der Waals surface area contributed by atoms with Gasteiger partial charge < -0.3 is 31.3 Å². The highest BCUT2D eigenvalue weighted by atomic mass is 32.2. The fourth-order valence-electron chi connectivity index (χ4n) is 5.04. The highest BCUT2D eigenvalue weighted by molar-refractivity contribution is 8.00. The molecule has 2 aliphatic rings. The first-order valence-electron chi connectivity index (χ1n) is 14.9. The summed E-state index contributed by atoms with van der Waals surface area (Å²) >= 11 is 1.90. The fraction of sp³-hybridized carbons (Fsp3) is 0.667. The molecule has 2 fully saturated rings. The third-order valence-corrected chi connectivity index (χ3v) is 8.60. The van der Waals surface area contributed by atoms with Crippen LogP contribution in [0.4, 0.5) is 9.59 Å². The van der Waals surface area contributed by atoms with Crippen LogP contribution < -0.4 is 26.6 Å². The van der Waals surface area contributed by atoms with E-state index in [4.69, 9.17) is 4.74 Å². The molecule has 2 aliphatic heterocycles. The van der Waals surface area contributed by atoms with E-state index in [0.29, 0.717) is 31.2 Å². The molecule has 1 aromatic carbocycles. The molecule has 1 aromatic rings. The molecule has 0 saturated carbocycles. The van der Waals surface area contributed by atoms with Crippen LogP contribution in [0.3, 0.4) is 0 Å². The van der Waals surface area contributed by atoms with Gasteiger partial charge in [0.25, 0.3) is 0 Å². The van der Waals surface area contributed by atoms with Crippen LogP contribution in [-0.4, -0.2) is 71.8 Å². The highest BCUT2D eigenvalue weighted by Gasteiger charge is 2.42. The second kappa shape index (κ2) is 16.5. The van der Waals surface area contributed by atoms with Gasteiger partial charge in [0.1, 0.15) is 11.6 Å². The molecule has 0 radical (unpaired) electrons. The van der Waals surface area contributed by atoms with Crippen molar-refractivity contribution in [1.29, 1.82) is 0 Å². The summed E-state index contributed by atoms with van der Waals surface area (Å²) in [5.74, 6) is 0.816. The van der Waals surface area contributed by atoms with Crippen molar-refractivity contribution in [3.63, 3.8) is 0 Å². The van der Waals surface area contributed by atoms with E-state index in [2.05, 4.69) is 26.6 Å². The number of nitrogens with one attached hydrogen (secondary N) is 5. The van der Waals surface area contributed by atoms with E-state index in [1.165, 1.54) is 0 Å². The smallest absolute Gasteiger partial charge is 0.408 e. The summed E-state index contributed by atoms with van der Waals surface area (Å²) in [6, 6.07) is 9.25. The molecule has 2 heterocycles. The number of unbranched alkanes of at least 4 members (excludes halogenated alkanes) is 4. The largest absolute Gasteiger partial charge is 0.444 e. The molecule has 0 aromatic heterocycles. The number of rotatable bonds is 16. The van der Waals surface area contributed by atoms with E-state index < -0.39 is 17.7 Å². The molecule has 11 heteroatoms. The minimum Gasteiger partial charge on any atom is -0.444 e. The second-order valence-electron chi connectivity index (χ2n) is 11.8. The van der Waals surface area contributed by atoms with Crippen LogP contribution in [0, 0.1) is 0 Å². The van der Waals surface area contributed by atoms with Crippen molar-refractivity contribution in [2.75, 3.05) is 18.8 Å². The molecule has 0 spiro atoms. The van der Waals surface area contributed by atoms with Gasteiger partial charge in [0, 0.05) is 36.9 Å². The monoisotopic (exact) mass is 589 g/mol. The van der Waals surface area contributed by atoms with Gasteiger partial charge in [-0.1, -0.05) is 49.6 Å². The quantitative estimate of drug-likeness (QED) is 0.148. The molecule has 5 N–H and O–H groups in total. The summed E-state index contributed by atoms with van der Waals surface area (Å²) in [5.41, 5.74) is 0.304. The van der Waals surface area contributed by atoms with Gasteiger partial charge in [0.2, 0.25) is 11.8 Å². The molecule has 10 nitrogen and oxygen atoms in total. The number of ether oxygens (including phenoxy) is 1. The number of carbonyl (C=O) groups is 4. The van der Waals surface area contributed by atoms with Crippen molar-refractivity contribution >= 4 is 35.7 Å². The average molecular weight is 590 g/mol. The van der Waals surface area contributed by atoms with Crippen molar-refractivity contribution in [2.24, 2.45) is 0 Å². The maximum Gasteiger partial charge on any atom is 0.408 e. The first-order valence-corrected chi connectivity index (χ1v) is 15.9. The summed E-state index contributed by atoms with van der Waals surface area (Å²) in [6.45, 7) is 6.53. The van der Waals surface area contributed by atoms with Gasteiger partial charge in [-0.15, -0.1) is 0 Å². The van der Waals surface area contributed by atoms with Crippen molar-refractivity contribution in [2.45, 2.75) is 108 Å². The maximum absolute atomic E-state index is 12.9. The van der Waals surface area contributed by atoms with Gasteiger partial charge in [-0.3, -0.25) is 9.59 Å². The minimum atomic E-state index is -0.725. The Morgan fingerprint density at radius 1 is 0.976 bits per heavy atom. The Morgan fingerprint density at radius 2 is 1.68 bits per heavy atom. The van der Waals surface area contributed by atoms with Crippen LogP contribution in [0.5, 0.6) is 0 Å². The van der Waals surface area contributed by atoms with Crippen molar-refractivity contribution in [3.05, 3.63) is 35.9 Å². The van der Waals surface area contributed by atoms with Gasteiger partial charge in [0.15, 0.2) is 0 Å². The Bertz CT molecular complexity index is 1000. The number of benzene rings is 1. The van der Waals surface area contributed by atoms with Crippen LogP contribution >= 0.6 is 11.8 Å². The van der Waals surface area contributed by atoms with E-state index in [1.807, 2.05) is 42.1 Å². The summed E-state index contributed by atoms with van der Waals surface area (Å²) in [6.07, 6.45) is 6.76. The Labute approximate surface area is 248 Å². The number of carbonyl (C=O) groups excluding carboxylic acids is 4. The molecule has 0 bridgehead atoms. The molecule has 0 unspecified atom stereocenters. The normalized spacial score (nSPS) is 20.4. The van der Waals surface area contributed by atoms with Crippen molar-refractivity contribution in [1.82, 2.24) is 26.6 Å². The fourth-order valence-corrected chi connectivity index (χ4v) is 6.58. The number of alkyl carbamates (subject to hydrolysis) is 1. The zero-order chi connectivity index (χ0) is 29.7. The lowest BCUT2D eigenvalue weighted by Crippen LogP contribution is -2.49. The number of fused-ring (bicyclic) bond motifs is 1. The van der Waals surface area contributed by atoms with Crippen LogP contribution in [-0.2, 0) is 20.7 Å². The molecule has 4 atom stereocenters. The molecular weight excluding hydrogens is 542 g/mol. The molecular formula is C30H47N5O5S. The van der Waals surface area contributed by atoms with Crippen LogP contribution in [0.25, 0.3) is 0 Å². The highest BCUT2D eigenvalue weighted by Crippen LogP contribution is 2.33. The molecule has 2 saturated heterocycles. The third kappa shape index (κ3) is 12.2. The Hall–Kier alpha value is -2.95. The summed E-state index contributed by atoms with van der Waals surface area (Å²) in [4.78, 5) is 48.8. The first-order chi connectivity index (χ1) is 19.6. The predicted molar refractivity (Wildman–Crippen MR) is 162 cm³/mol. The third-order valence-electron chi connectivity index (χ3n) is 7.10. The number of hydrogen-bond acceptors (Lipinski definition) is 6. The molecule has 3 rings (SSSR count). The lowest BCUT2D eigenvalue weighted by Gasteiger charge is -2.23. The average Bonchev–Trinajstić information content (AvgIpc) is 3.46. The lowest BCUT2D eigenvalue weighted by molar-refractivity contribution is -0.123. The molecule has 228 valence electrons. The predicted octanol–water partition coefficient (Wildman–Crippen LogP) is 3.64. The topological polar surface area (TPSA) is 138 Å². The summed E-state index contributed by atoms with van der Waals surface area (Å²) in [5, 5.41) is 15.1. The second-order valence-corrected chi connectivity index (χ2v) is 13.1. The van der Waals surface area contributed by atoms with Crippen LogP contribution in [0.15, 0.2) is 30.3 Å². The van der Waals surface area contributed by atoms with Gasteiger partial charge in [-0.25, -0.2) is 9.59 Å². The van der Waals surface area contributed by atoms with Crippen LogP contribution in [0.1, 0.15) is 77.7 Å². The van der Waals surface area contributed by atoms with E-state index in [0.717, 1.165) is 56.3 Å². The zero-order valence-electron chi connectivity index (χ0n) is 24.6. The summed E-state index contributed by atoms with van der Waals surface area (Å²) in [7, 11) is 0. The Balaban J connectivity index is 1.22. The van der Waals surface area contributed by atoms with E-state index in [9.17, 15) is 19.2 Å². The van der Waals surface area contributed by atoms with Gasteiger partial charge in [-0.05, 0) is 52.0 Å². The standard InChI is InChI=1S/C30H47N5O5S/c1-30(2,3)40-29(39)34-22(19-21-13-7-6-8-14-21)27(37)32-18-12-5-4-11-17-31-25(36)16-10-9-15-24-26-23(20-41-24)33-28(38)35-26/h6-8,13-14,22-24,26H,4-5,9-12,15-20H2,1-3H3,(H,31,36)(H,32,37)(H,34,39)(H2,33,35,38)/t22-,23-,24-,26-/m0/s1. The van der Waals surface area contributed by atoms with E-state index >= 15 is 0 Å². The number of thioether (sulfide) groups is 1. The number of amides is 5. The summed E-state index contributed by atoms with van der Waals surface area (Å²) < 4.78 is 5.34. The van der Waals surface area contributed by atoms with Gasteiger partial charge in [-0.2, -0.15) is 11.8 Å². The lowest BCUT2D eigenvalue weighted by atomic mass is 10.0. The van der Waals surface area contributed by atoms with Gasteiger partial charge in [0.05, 0.1) is 12.1 Å². The Kier molecular flexibility index (Phi) is 13.1.